The van der Waals surface area contributed by atoms with Gasteiger partial charge >= 0.3 is 6.09 Å². The quantitative estimate of drug-likeness (QED) is 0.851. The van der Waals surface area contributed by atoms with Gasteiger partial charge in [-0.15, -0.1) is 0 Å². The van der Waals surface area contributed by atoms with E-state index in [1.54, 1.807) is 0 Å². The molecule has 0 saturated carbocycles. The first kappa shape index (κ1) is 18.1. The zero-order chi connectivity index (χ0) is 18.7. The lowest BCUT2D eigenvalue weighted by atomic mass is 10.1. The number of anilines is 1. The van der Waals surface area contributed by atoms with Crippen molar-refractivity contribution in [3.05, 3.63) is 29.6 Å². The van der Waals surface area contributed by atoms with Gasteiger partial charge in [-0.1, -0.05) is 0 Å². The first-order valence-corrected chi connectivity index (χ1v) is 8.35. The van der Waals surface area contributed by atoms with Crippen molar-refractivity contribution in [3.63, 3.8) is 0 Å². The molecule has 1 aromatic carbocycles. The van der Waals surface area contributed by atoms with E-state index in [1.165, 1.54) is 28.9 Å². The molecule has 0 radical (unpaired) electrons. The average molecular weight is 365 g/mol. The molecule has 1 aromatic rings. The van der Waals surface area contributed by atoms with E-state index in [0.29, 0.717) is 32.0 Å². The van der Waals surface area contributed by atoms with E-state index in [0.717, 1.165) is 6.07 Å². The van der Waals surface area contributed by atoms with Crippen LogP contribution in [0.3, 0.4) is 0 Å². The minimum Gasteiger partial charge on any atom is -0.442 e. The predicted octanol–water partition coefficient (Wildman–Crippen LogP) is 0.759. The molecule has 2 heterocycles. The highest BCUT2D eigenvalue weighted by Gasteiger charge is 2.33. The fourth-order valence-corrected chi connectivity index (χ4v) is 2.88. The summed E-state index contributed by atoms with van der Waals surface area (Å²) in [6.07, 6.45) is -1.13. The van der Waals surface area contributed by atoms with Crippen LogP contribution in [0.1, 0.15) is 17.3 Å². The van der Waals surface area contributed by atoms with Gasteiger partial charge in [0.25, 0.3) is 5.91 Å². The number of amides is 3. The molecule has 9 heteroatoms. The van der Waals surface area contributed by atoms with Crippen LogP contribution in [-0.2, 0) is 14.3 Å². The molecule has 0 spiro atoms. The summed E-state index contributed by atoms with van der Waals surface area (Å²) in [5.41, 5.74) is 0.259. The van der Waals surface area contributed by atoms with Gasteiger partial charge in [0.1, 0.15) is 11.9 Å². The fourth-order valence-electron chi connectivity index (χ4n) is 2.88. The molecular weight excluding hydrogens is 345 g/mol. The van der Waals surface area contributed by atoms with E-state index in [2.05, 4.69) is 5.32 Å². The number of nitrogens with one attached hydrogen (secondary N) is 1. The second-order valence-corrected chi connectivity index (χ2v) is 6.12. The Bertz CT molecular complexity index is 720. The molecule has 0 aromatic heterocycles. The first-order chi connectivity index (χ1) is 12.5. The number of morpholine rings is 1. The summed E-state index contributed by atoms with van der Waals surface area (Å²) in [5.74, 6) is -1.32. The Balaban J connectivity index is 1.70. The topological polar surface area (TPSA) is 88.2 Å². The van der Waals surface area contributed by atoms with Crippen LogP contribution in [0.15, 0.2) is 18.2 Å². The molecule has 2 saturated heterocycles. The third-order valence-corrected chi connectivity index (χ3v) is 4.25. The monoisotopic (exact) mass is 365 g/mol. The maximum Gasteiger partial charge on any atom is 0.414 e. The first-order valence-electron chi connectivity index (χ1n) is 8.35. The Morgan fingerprint density at radius 1 is 1.31 bits per heavy atom. The van der Waals surface area contributed by atoms with Crippen molar-refractivity contribution in [1.82, 2.24) is 10.2 Å². The Hall–Kier alpha value is -2.68. The van der Waals surface area contributed by atoms with Gasteiger partial charge in [-0.3, -0.25) is 14.5 Å². The van der Waals surface area contributed by atoms with Crippen molar-refractivity contribution in [2.24, 2.45) is 0 Å². The molecule has 1 N–H and O–H groups in total. The number of halogens is 1. The Labute approximate surface area is 149 Å². The molecule has 2 aliphatic heterocycles. The minimum atomic E-state index is -0.697. The summed E-state index contributed by atoms with van der Waals surface area (Å²) in [4.78, 5) is 38.2. The number of hydrogen-bond donors (Lipinski definition) is 1. The highest BCUT2D eigenvalue weighted by molar-refractivity contribution is 5.96. The predicted molar refractivity (Wildman–Crippen MR) is 89.4 cm³/mol. The number of benzene rings is 1. The van der Waals surface area contributed by atoms with Crippen LogP contribution >= 0.6 is 0 Å². The number of ether oxygens (including phenoxy) is 2. The summed E-state index contributed by atoms with van der Waals surface area (Å²) in [7, 11) is 0. The van der Waals surface area contributed by atoms with Gasteiger partial charge in [0.15, 0.2) is 0 Å². The summed E-state index contributed by atoms with van der Waals surface area (Å²) in [5, 5.41) is 2.57. The Morgan fingerprint density at radius 3 is 2.69 bits per heavy atom. The Kier molecular flexibility index (Phi) is 5.36. The van der Waals surface area contributed by atoms with Crippen LogP contribution in [0.2, 0.25) is 0 Å². The lowest BCUT2D eigenvalue weighted by molar-refractivity contribution is -0.119. The number of nitrogens with zero attached hydrogens (tertiary/aromatic N) is 2. The molecule has 2 aliphatic rings. The number of hydrogen-bond acceptors (Lipinski definition) is 5. The van der Waals surface area contributed by atoms with Crippen LogP contribution < -0.4 is 10.2 Å². The number of carbonyl (C=O) groups excluding carboxylic acids is 3. The maximum atomic E-state index is 14.5. The third-order valence-electron chi connectivity index (χ3n) is 4.25. The van der Waals surface area contributed by atoms with Crippen LogP contribution in [0.4, 0.5) is 14.9 Å². The van der Waals surface area contributed by atoms with Crippen LogP contribution in [0.25, 0.3) is 0 Å². The van der Waals surface area contributed by atoms with Crippen molar-refractivity contribution >= 4 is 23.6 Å². The van der Waals surface area contributed by atoms with E-state index < -0.39 is 23.9 Å². The molecule has 1 atom stereocenters. The smallest absolute Gasteiger partial charge is 0.414 e. The van der Waals surface area contributed by atoms with E-state index in [9.17, 15) is 18.8 Å². The van der Waals surface area contributed by atoms with Gasteiger partial charge < -0.3 is 19.7 Å². The van der Waals surface area contributed by atoms with Crippen molar-refractivity contribution in [2.45, 2.75) is 13.0 Å². The van der Waals surface area contributed by atoms with E-state index in [-0.39, 0.29) is 24.6 Å². The van der Waals surface area contributed by atoms with Crippen molar-refractivity contribution in [1.29, 1.82) is 0 Å². The molecule has 0 aliphatic carbocycles. The van der Waals surface area contributed by atoms with Crippen molar-refractivity contribution in [2.75, 3.05) is 44.3 Å². The second-order valence-electron chi connectivity index (χ2n) is 6.12. The van der Waals surface area contributed by atoms with Gasteiger partial charge in [-0.2, -0.15) is 0 Å². The van der Waals surface area contributed by atoms with E-state index in [4.69, 9.17) is 9.47 Å². The lowest BCUT2D eigenvalue weighted by Gasteiger charge is -2.27. The zero-order valence-corrected chi connectivity index (χ0v) is 14.4. The SMILES string of the molecule is CC(=O)NC[C@H]1CN(c2ccc(C(=O)N3CCOCC3)c(F)c2)C(=O)O1. The van der Waals surface area contributed by atoms with E-state index in [1.807, 2.05) is 0 Å². The van der Waals surface area contributed by atoms with Crippen molar-refractivity contribution in [3.8, 4) is 0 Å². The number of rotatable bonds is 4. The summed E-state index contributed by atoms with van der Waals surface area (Å²) < 4.78 is 24.8. The highest BCUT2D eigenvalue weighted by Crippen LogP contribution is 2.24. The molecule has 0 bridgehead atoms. The minimum absolute atomic E-state index is 0.0435. The Morgan fingerprint density at radius 2 is 2.04 bits per heavy atom. The van der Waals surface area contributed by atoms with Gasteiger partial charge in [-0.05, 0) is 18.2 Å². The molecule has 3 rings (SSSR count). The van der Waals surface area contributed by atoms with Gasteiger partial charge in [-0.25, -0.2) is 9.18 Å². The molecule has 140 valence electrons. The largest absolute Gasteiger partial charge is 0.442 e. The summed E-state index contributed by atoms with van der Waals surface area (Å²) in [6.45, 7) is 3.45. The molecule has 8 nitrogen and oxygen atoms in total. The van der Waals surface area contributed by atoms with E-state index >= 15 is 0 Å². The highest BCUT2D eigenvalue weighted by atomic mass is 19.1. The maximum absolute atomic E-state index is 14.5. The third kappa shape index (κ3) is 3.93. The summed E-state index contributed by atoms with van der Waals surface area (Å²) >= 11 is 0. The molecule has 0 unspecified atom stereocenters. The summed E-state index contributed by atoms with van der Waals surface area (Å²) in [6, 6.07) is 4.03. The van der Waals surface area contributed by atoms with Gasteiger partial charge in [0.2, 0.25) is 5.91 Å². The molecule has 2 fully saturated rings. The van der Waals surface area contributed by atoms with Crippen LogP contribution in [-0.4, -0.2) is 68.3 Å². The second kappa shape index (κ2) is 7.69. The van der Waals surface area contributed by atoms with Crippen LogP contribution in [0.5, 0.6) is 0 Å². The van der Waals surface area contributed by atoms with Gasteiger partial charge in [0.05, 0.1) is 37.6 Å². The van der Waals surface area contributed by atoms with Crippen molar-refractivity contribution < 1.29 is 28.2 Å². The van der Waals surface area contributed by atoms with Crippen LogP contribution in [0, 0.1) is 5.82 Å². The molecular formula is C17H20FN3O5. The van der Waals surface area contributed by atoms with Gasteiger partial charge in [0, 0.05) is 20.0 Å². The fraction of sp³-hybridized carbons (Fsp3) is 0.471. The normalized spacial score (nSPS) is 20.1. The standard InChI is InChI=1S/C17H20FN3O5/c1-11(22)19-9-13-10-21(17(24)26-13)12-2-3-14(15(18)8-12)16(23)20-4-6-25-7-5-20/h2-3,8,13H,4-7,9-10H2,1H3,(H,19,22)/t13-/m0/s1. The zero-order valence-electron chi connectivity index (χ0n) is 14.4. The lowest BCUT2D eigenvalue weighted by Crippen LogP contribution is -2.41. The number of cyclic esters (lactones) is 1. The average Bonchev–Trinajstić information content (AvgIpc) is 3.01. The molecule has 3 amide bonds. The molecule has 26 heavy (non-hydrogen) atoms. The number of carbonyl (C=O) groups is 3.